The van der Waals surface area contributed by atoms with Crippen molar-refractivity contribution in [2.45, 2.75) is 57.5 Å². The number of benzene rings is 1. The van der Waals surface area contributed by atoms with E-state index in [0.29, 0.717) is 30.8 Å². The Morgan fingerprint density at radius 1 is 1.32 bits per heavy atom. The summed E-state index contributed by atoms with van der Waals surface area (Å²) in [4.78, 5) is 41.4. The Balaban J connectivity index is 1.46. The molecule has 9 heteroatoms. The van der Waals surface area contributed by atoms with Gasteiger partial charge in [-0.2, -0.15) is 5.26 Å². The number of amides is 3. The summed E-state index contributed by atoms with van der Waals surface area (Å²) in [6, 6.07) is 7.72. The summed E-state index contributed by atoms with van der Waals surface area (Å²) in [7, 11) is 1.57. The van der Waals surface area contributed by atoms with Crippen LogP contribution < -0.4 is 20.7 Å². The Labute approximate surface area is 198 Å². The highest BCUT2D eigenvalue weighted by molar-refractivity contribution is 6.01. The molecule has 1 aromatic carbocycles. The van der Waals surface area contributed by atoms with E-state index in [1.54, 1.807) is 13.2 Å². The molecule has 9 nitrogen and oxygen atoms in total. The normalized spacial score (nSPS) is 20.5. The predicted octanol–water partition coefficient (Wildman–Crippen LogP) is 2.39. The van der Waals surface area contributed by atoms with Gasteiger partial charge in [0.25, 0.3) is 5.91 Å². The molecule has 2 heterocycles. The van der Waals surface area contributed by atoms with Crippen molar-refractivity contribution in [1.82, 2.24) is 20.9 Å². The van der Waals surface area contributed by atoms with Gasteiger partial charge in [-0.25, -0.2) is 0 Å². The molecule has 2 fully saturated rings. The molecule has 3 unspecified atom stereocenters. The van der Waals surface area contributed by atoms with Gasteiger partial charge in [-0.05, 0) is 62.1 Å². The Morgan fingerprint density at radius 3 is 2.79 bits per heavy atom. The molecular formula is C25H31N5O4. The van der Waals surface area contributed by atoms with E-state index < -0.39 is 23.9 Å². The maximum atomic E-state index is 13.2. The number of aromatic amines is 1. The first-order valence-electron chi connectivity index (χ1n) is 11.8. The van der Waals surface area contributed by atoms with Crippen molar-refractivity contribution in [2.75, 3.05) is 13.7 Å². The van der Waals surface area contributed by atoms with Gasteiger partial charge in [0.1, 0.15) is 23.5 Å². The summed E-state index contributed by atoms with van der Waals surface area (Å²) in [6.45, 7) is 2.73. The Bertz CT molecular complexity index is 1130. The van der Waals surface area contributed by atoms with Crippen LogP contribution in [-0.2, 0) is 9.59 Å². The molecule has 2 aliphatic rings. The van der Waals surface area contributed by atoms with E-state index in [9.17, 15) is 19.6 Å². The molecule has 1 aliphatic heterocycles. The van der Waals surface area contributed by atoms with E-state index in [4.69, 9.17) is 4.74 Å². The number of H-pyrrole nitrogens is 1. The standard InChI is InChI=1S/C25H31N5O4/c1-25(8-9-25)13-20(24(33)28-16(14-26)11-15-5-4-10-27-22(15)31)30-23(32)19-12-17-18(29-19)6-3-7-21(17)34-2/h3,6-7,12,15-16,20,29H,4-5,8-11,13H2,1-2H3,(H,27,31)(H,28,33)(H,30,32). The first-order valence-corrected chi connectivity index (χ1v) is 11.8. The van der Waals surface area contributed by atoms with Crippen molar-refractivity contribution in [3.05, 3.63) is 30.0 Å². The lowest BCUT2D eigenvalue weighted by Crippen LogP contribution is -2.51. The number of nitrogens with one attached hydrogen (secondary N) is 4. The number of nitrogens with zero attached hydrogens (tertiary/aromatic N) is 1. The van der Waals surface area contributed by atoms with Gasteiger partial charge >= 0.3 is 0 Å². The minimum atomic E-state index is -0.801. The van der Waals surface area contributed by atoms with Crippen molar-refractivity contribution >= 4 is 28.6 Å². The molecule has 3 amide bonds. The van der Waals surface area contributed by atoms with Crippen molar-refractivity contribution < 1.29 is 19.1 Å². The fourth-order valence-electron chi connectivity index (χ4n) is 4.54. The lowest BCUT2D eigenvalue weighted by molar-refractivity contribution is -0.128. The van der Waals surface area contributed by atoms with Gasteiger partial charge in [0.15, 0.2) is 0 Å². The maximum absolute atomic E-state index is 13.2. The van der Waals surface area contributed by atoms with Crippen molar-refractivity contribution in [1.29, 1.82) is 5.26 Å². The fraction of sp³-hybridized carbons (Fsp3) is 0.520. The Kier molecular flexibility index (Phi) is 6.77. The summed E-state index contributed by atoms with van der Waals surface area (Å²) in [5.41, 5.74) is 1.08. The third kappa shape index (κ3) is 5.33. The number of carbonyl (C=O) groups is 3. The molecule has 0 spiro atoms. The third-order valence-electron chi connectivity index (χ3n) is 6.90. The molecule has 2 aromatic rings. The van der Waals surface area contributed by atoms with Crippen molar-refractivity contribution in [2.24, 2.45) is 11.3 Å². The average Bonchev–Trinajstić information content (AvgIpc) is 3.38. The molecule has 4 N–H and O–H groups in total. The molecule has 180 valence electrons. The van der Waals surface area contributed by atoms with Gasteiger partial charge in [-0.1, -0.05) is 13.0 Å². The van der Waals surface area contributed by atoms with Crippen LogP contribution in [0, 0.1) is 22.7 Å². The molecule has 34 heavy (non-hydrogen) atoms. The van der Waals surface area contributed by atoms with Crippen LogP contribution in [0.25, 0.3) is 10.9 Å². The zero-order chi connectivity index (χ0) is 24.3. The molecule has 1 saturated carbocycles. The highest BCUT2D eigenvalue weighted by Gasteiger charge is 2.42. The van der Waals surface area contributed by atoms with Crippen molar-refractivity contribution in [3.8, 4) is 11.8 Å². The molecule has 1 aromatic heterocycles. The number of piperidine rings is 1. The van der Waals surface area contributed by atoms with Crippen molar-refractivity contribution in [3.63, 3.8) is 0 Å². The number of nitriles is 1. The summed E-state index contributed by atoms with van der Waals surface area (Å²) in [6.07, 6.45) is 4.26. The van der Waals surface area contributed by atoms with Gasteiger partial charge in [-0.15, -0.1) is 0 Å². The monoisotopic (exact) mass is 465 g/mol. The predicted molar refractivity (Wildman–Crippen MR) is 126 cm³/mol. The van der Waals surface area contributed by atoms with E-state index >= 15 is 0 Å². The highest BCUT2D eigenvalue weighted by Crippen LogP contribution is 2.49. The number of carbonyl (C=O) groups excluding carboxylic acids is 3. The van der Waals surface area contributed by atoms with Crippen LogP contribution in [0.15, 0.2) is 24.3 Å². The minimum absolute atomic E-state index is 0.00957. The summed E-state index contributed by atoms with van der Waals surface area (Å²) in [5.74, 6) is -0.531. The van der Waals surface area contributed by atoms with Crippen LogP contribution in [0.2, 0.25) is 0 Å². The van der Waals surface area contributed by atoms with E-state index in [1.807, 2.05) is 18.2 Å². The van der Waals surface area contributed by atoms with Crippen LogP contribution >= 0.6 is 0 Å². The van der Waals surface area contributed by atoms with E-state index in [-0.39, 0.29) is 23.7 Å². The quantitative estimate of drug-likeness (QED) is 0.451. The zero-order valence-electron chi connectivity index (χ0n) is 19.6. The van der Waals surface area contributed by atoms with Gasteiger partial charge in [-0.3, -0.25) is 14.4 Å². The largest absolute Gasteiger partial charge is 0.496 e. The van der Waals surface area contributed by atoms with E-state index in [2.05, 4.69) is 33.9 Å². The smallest absolute Gasteiger partial charge is 0.268 e. The molecule has 3 atom stereocenters. The van der Waals surface area contributed by atoms with Gasteiger partial charge in [0.05, 0.1) is 13.2 Å². The molecule has 4 rings (SSSR count). The lowest BCUT2D eigenvalue weighted by atomic mass is 9.91. The topological polar surface area (TPSA) is 136 Å². The summed E-state index contributed by atoms with van der Waals surface area (Å²) < 4.78 is 5.37. The first-order chi connectivity index (χ1) is 16.3. The summed E-state index contributed by atoms with van der Waals surface area (Å²) >= 11 is 0. The van der Waals surface area contributed by atoms with Crippen LogP contribution in [0.3, 0.4) is 0 Å². The van der Waals surface area contributed by atoms with Crippen LogP contribution in [0.1, 0.15) is 55.9 Å². The second-order valence-electron chi connectivity index (χ2n) is 9.70. The van der Waals surface area contributed by atoms with Gasteiger partial charge in [0.2, 0.25) is 11.8 Å². The molecule has 1 saturated heterocycles. The number of methoxy groups -OCH3 is 1. The number of aromatic nitrogens is 1. The fourth-order valence-corrected chi connectivity index (χ4v) is 4.54. The average molecular weight is 466 g/mol. The van der Waals surface area contributed by atoms with E-state index in [0.717, 1.165) is 30.2 Å². The number of hydrogen-bond acceptors (Lipinski definition) is 5. The zero-order valence-corrected chi connectivity index (χ0v) is 19.6. The third-order valence-corrected chi connectivity index (χ3v) is 6.90. The number of hydrogen-bond donors (Lipinski definition) is 4. The Morgan fingerprint density at radius 2 is 2.12 bits per heavy atom. The number of ether oxygens (including phenoxy) is 1. The van der Waals surface area contributed by atoms with Gasteiger partial charge < -0.3 is 25.7 Å². The molecular weight excluding hydrogens is 434 g/mol. The second-order valence-corrected chi connectivity index (χ2v) is 9.70. The van der Waals surface area contributed by atoms with Crippen LogP contribution in [0.4, 0.5) is 0 Å². The molecule has 0 bridgehead atoms. The first kappa shape index (κ1) is 23.6. The van der Waals surface area contributed by atoms with E-state index in [1.165, 1.54) is 0 Å². The molecule has 0 radical (unpaired) electrons. The van der Waals surface area contributed by atoms with Crippen LogP contribution in [0.5, 0.6) is 5.75 Å². The van der Waals surface area contributed by atoms with Gasteiger partial charge in [0, 0.05) is 23.4 Å². The number of fused-ring (bicyclic) bond motifs is 1. The minimum Gasteiger partial charge on any atom is -0.496 e. The summed E-state index contributed by atoms with van der Waals surface area (Å²) in [5, 5.41) is 18.8. The van der Waals surface area contributed by atoms with Crippen LogP contribution in [-0.4, -0.2) is 48.4 Å². The SMILES string of the molecule is COc1cccc2[nH]c(C(=O)NC(CC3(C)CC3)C(=O)NC(C#N)CC3CCCNC3=O)cc12. The molecule has 1 aliphatic carbocycles. The Hall–Kier alpha value is -3.54. The number of rotatable bonds is 9. The lowest BCUT2D eigenvalue weighted by Gasteiger charge is -2.26. The highest BCUT2D eigenvalue weighted by atomic mass is 16.5. The second kappa shape index (κ2) is 9.75. The maximum Gasteiger partial charge on any atom is 0.268 e.